The van der Waals surface area contributed by atoms with Crippen LogP contribution in [0.2, 0.25) is 0 Å². The van der Waals surface area contributed by atoms with Gasteiger partial charge in [-0.2, -0.15) is 0 Å². The molecule has 0 unspecified atom stereocenters. The molecule has 0 atom stereocenters. The Hall–Kier alpha value is -1.14. The van der Waals surface area contributed by atoms with Crippen LogP contribution in [0.25, 0.3) is 0 Å². The van der Waals surface area contributed by atoms with Crippen molar-refractivity contribution in [2.45, 2.75) is 19.3 Å². The number of carbonyl (C=O) groups is 1. The summed E-state index contributed by atoms with van der Waals surface area (Å²) in [5, 5.41) is 12.2. The van der Waals surface area contributed by atoms with Crippen LogP contribution in [0.5, 0.6) is 0 Å². The highest BCUT2D eigenvalue weighted by Crippen LogP contribution is 2.10. The first-order valence-corrected chi connectivity index (χ1v) is 6.61. The van der Waals surface area contributed by atoms with E-state index in [4.69, 9.17) is 9.94 Å². The molecular formula is C12H21N3O3. The zero-order valence-electron chi connectivity index (χ0n) is 10.7. The van der Waals surface area contributed by atoms with Gasteiger partial charge in [0.15, 0.2) is 5.71 Å². The quantitative estimate of drug-likeness (QED) is 0.443. The fraction of sp³-hybridized carbons (Fsp3) is 0.833. The van der Waals surface area contributed by atoms with Crippen LogP contribution in [0.1, 0.15) is 19.3 Å². The van der Waals surface area contributed by atoms with E-state index >= 15 is 0 Å². The van der Waals surface area contributed by atoms with Crippen molar-refractivity contribution in [2.75, 3.05) is 45.9 Å². The zero-order chi connectivity index (χ0) is 12.8. The summed E-state index contributed by atoms with van der Waals surface area (Å²) in [7, 11) is 0. The summed E-state index contributed by atoms with van der Waals surface area (Å²) in [6.45, 7) is 4.89. The minimum absolute atomic E-state index is 0.122. The molecule has 2 fully saturated rings. The first kappa shape index (κ1) is 13.3. The molecule has 2 aliphatic rings. The molecule has 2 aliphatic heterocycles. The van der Waals surface area contributed by atoms with Gasteiger partial charge in [-0.25, -0.2) is 0 Å². The number of carbonyl (C=O) groups excluding carboxylic acids is 1. The summed E-state index contributed by atoms with van der Waals surface area (Å²) in [5.41, 5.74) is 0.249. The van der Waals surface area contributed by atoms with Gasteiger partial charge in [0, 0.05) is 32.7 Å². The standard InChI is InChI=1S/C12H21N3O3/c16-12(15-4-2-1-3-5-15)11(13-17)10-14-6-8-18-9-7-14/h17H,1-10H2/b13-11-. The van der Waals surface area contributed by atoms with Crippen molar-refractivity contribution in [1.29, 1.82) is 0 Å². The molecule has 0 aromatic heterocycles. The van der Waals surface area contributed by atoms with Gasteiger partial charge in [-0.3, -0.25) is 9.69 Å². The fourth-order valence-corrected chi connectivity index (χ4v) is 2.39. The van der Waals surface area contributed by atoms with Crippen LogP contribution >= 0.6 is 0 Å². The lowest BCUT2D eigenvalue weighted by Crippen LogP contribution is -2.46. The topological polar surface area (TPSA) is 65.4 Å². The number of amides is 1. The summed E-state index contributed by atoms with van der Waals surface area (Å²) in [5.74, 6) is -0.122. The molecule has 18 heavy (non-hydrogen) atoms. The summed E-state index contributed by atoms with van der Waals surface area (Å²) in [6, 6.07) is 0. The Kier molecular flexibility index (Phi) is 4.95. The van der Waals surface area contributed by atoms with Crippen molar-refractivity contribution >= 4 is 11.6 Å². The van der Waals surface area contributed by atoms with Gasteiger partial charge in [0.25, 0.3) is 5.91 Å². The number of hydrogen-bond donors (Lipinski definition) is 1. The van der Waals surface area contributed by atoms with E-state index < -0.39 is 0 Å². The third-order valence-corrected chi connectivity index (χ3v) is 3.49. The average Bonchev–Trinajstić information content (AvgIpc) is 2.46. The monoisotopic (exact) mass is 255 g/mol. The number of rotatable bonds is 3. The van der Waals surface area contributed by atoms with E-state index in [0.29, 0.717) is 19.8 Å². The minimum atomic E-state index is -0.122. The Morgan fingerprint density at radius 2 is 1.78 bits per heavy atom. The fourth-order valence-electron chi connectivity index (χ4n) is 2.39. The molecular weight excluding hydrogens is 234 g/mol. The number of morpholine rings is 1. The van der Waals surface area contributed by atoms with Crippen LogP contribution in [0, 0.1) is 0 Å². The molecule has 0 aromatic rings. The molecule has 102 valence electrons. The minimum Gasteiger partial charge on any atom is -0.410 e. The molecule has 1 amide bonds. The van der Waals surface area contributed by atoms with Crippen LogP contribution in [-0.4, -0.2) is 72.6 Å². The van der Waals surface area contributed by atoms with E-state index in [1.807, 2.05) is 0 Å². The molecule has 0 spiro atoms. The summed E-state index contributed by atoms with van der Waals surface area (Å²) >= 11 is 0. The van der Waals surface area contributed by atoms with Crippen molar-refractivity contribution in [3.05, 3.63) is 0 Å². The van der Waals surface area contributed by atoms with E-state index in [1.54, 1.807) is 4.90 Å². The van der Waals surface area contributed by atoms with Gasteiger partial charge in [-0.05, 0) is 19.3 Å². The van der Waals surface area contributed by atoms with Gasteiger partial charge in [0.05, 0.1) is 13.2 Å². The van der Waals surface area contributed by atoms with Gasteiger partial charge < -0.3 is 14.8 Å². The number of piperidine rings is 1. The predicted octanol–water partition coefficient (Wildman–Crippen LogP) is 0.161. The van der Waals surface area contributed by atoms with Gasteiger partial charge in [0.2, 0.25) is 0 Å². The number of nitrogens with zero attached hydrogens (tertiary/aromatic N) is 3. The molecule has 6 heteroatoms. The maximum Gasteiger partial charge on any atom is 0.273 e. The molecule has 0 aliphatic carbocycles. The number of ether oxygens (including phenoxy) is 1. The summed E-state index contributed by atoms with van der Waals surface area (Å²) in [4.78, 5) is 16.1. The molecule has 0 aromatic carbocycles. The normalized spacial score (nSPS) is 23.1. The summed E-state index contributed by atoms with van der Waals surface area (Å²) in [6.07, 6.45) is 3.27. The Morgan fingerprint density at radius 3 is 2.39 bits per heavy atom. The van der Waals surface area contributed by atoms with E-state index in [1.165, 1.54) is 6.42 Å². The molecule has 1 N–H and O–H groups in total. The number of oxime groups is 1. The van der Waals surface area contributed by atoms with Crippen LogP contribution in [0.15, 0.2) is 5.16 Å². The van der Waals surface area contributed by atoms with Gasteiger partial charge >= 0.3 is 0 Å². The maximum absolute atomic E-state index is 12.2. The lowest BCUT2D eigenvalue weighted by molar-refractivity contribution is -0.125. The Balaban J connectivity index is 1.88. The molecule has 0 radical (unpaired) electrons. The van der Waals surface area contributed by atoms with Gasteiger partial charge in [-0.15, -0.1) is 0 Å². The first-order valence-electron chi connectivity index (χ1n) is 6.61. The summed E-state index contributed by atoms with van der Waals surface area (Å²) < 4.78 is 5.25. The third kappa shape index (κ3) is 3.43. The molecule has 0 bridgehead atoms. The maximum atomic E-state index is 12.2. The van der Waals surface area contributed by atoms with E-state index in [2.05, 4.69) is 10.1 Å². The Bertz CT molecular complexity index is 308. The van der Waals surface area contributed by atoms with Crippen LogP contribution in [0.4, 0.5) is 0 Å². The molecule has 2 rings (SSSR count). The second kappa shape index (κ2) is 6.70. The highest BCUT2D eigenvalue weighted by atomic mass is 16.5. The average molecular weight is 255 g/mol. The van der Waals surface area contributed by atoms with Crippen LogP contribution in [-0.2, 0) is 9.53 Å². The lowest BCUT2D eigenvalue weighted by Gasteiger charge is -2.30. The van der Waals surface area contributed by atoms with Crippen molar-refractivity contribution < 1.29 is 14.7 Å². The highest BCUT2D eigenvalue weighted by molar-refractivity contribution is 6.39. The second-order valence-corrected chi connectivity index (χ2v) is 4.79. The van der Waals surface area contributed by atoms with Crippen molar-refractivity contribution in [3.63, 3.8) is 0 Å². The largest absolute Gasteiger partial charge is 0.410 e. The number of likely N-dealkylation sites (tertiary alicyclic amines) is 1. The van der Waals surface area contributed by atoms with Crippen molar-refractivity contribution in [3.8, 4) is 0 Å². The lowest BCUT2D eigenvalue weighted by atomic mass is 10.1. The zero-order valence-corrected chi connectivity index (χ0v) is 10.7. The molecule has 2 heterocycles. The molecule has 6 nitrogen and oxygen atoms in total. The van der Waals surface area contributed by atoms with Crippen LogP contribution in [0.3, 0.4) is 0 Å². The Labute approximate surface area is 107 Å². The SMILES string of the molecule is O=C(/C(CN1CCOCC1)=N\O)N1CCCCC1. The smallest absolute Gasteiger partial charge is 0.273 e. The highest BCUT2D eigenvalue weighted by Gasteiger charge is 2.24. The van der Waals surface area contributed by atoms with E-state index in [0.717, 1.165) is 39.0 Å². The first-order chi connectivity index (χ1) is 8.81. The van der Waals surface area contributed by atoms with Gasteiger partial charge in [-0.1, -0.05) is 5.16 Å². The van der Waals surface area contributed by atoms with Crippen molar-refractivity contribution in [2.24, 2.45) is 5.16 Å². The molecule has 0 saturated carbocycles. The van der Waals surface area contributed by atoms with E-state index in [-0.39, 0.29) is 11.6 Å². The third-order valence-electron chi connectivity index (χ3n) is 3.49. The number of hydrogen-bond acceptors (Lipinski definition) is 5. The molecule has 2 saturated heterocycles. The van der Waals surface area contributed by atoms with Crippen molar-refractivity contribution in [1.82, 2.24) is 9.80 Å². The predicted molar refractivity (Wildman–Crippen MR) is 66.9 cm³/mol. The van der Waals surface area contributed by atoms with E-state index in [9.17, 15) is 4.79 Å². The Morgan fingerprint density at radius 1 is 1.11 bits per heavy atom. The van der Waals surface area contributed by atoms with Crippen LogP contribution < -0.4 is 0 Å². The second-order valence-electron chi connectivity index (χ2n) is 4.79. The van der Waals surface area contributed by atoms with Gasteiger partial charge in [0.1, 0.15) is 0 Å².